The largest absolute Gasteiger partial charge is 0.462 e. The van der Waals surface area contributed by atoms with E-state index in [4.69, 9.17) is 14.2 Å². The molecule has 0 N–H and O–H groups in total. The Morgan fingerprint density at radius 2 is 0.562 bits per heavy atom. The van der Waals surface area contributed by atoms with Crippen LogP contribution in [-0.2, 0) is 28.6 Å². The number of rotatable bonds is 58. The van der Waals surface area contributed by atoms with Gasteiger partial charge in [-0.1, -0.05) is 300 Å². The van der Waals surface area contributed by atoms with Crippen molar-refractivity contribution < 1.29 is 28.6 Å². The lowest BCUT2D eigenvalue weighted by Crippen LogP contribution is -2.30. The highest BCUT2D eigenvalue weighted by atomic mass is 16.6. The summed E-state index contributed by atoms with van der Waals surface area (Å²) < 4.78 is 16.8. The van der Waals surface area contributed by atoms with Crippen molar-refractivity contribution in [1.82, 2.24) is 0 Å². The van der Waals surface area contributed by atoms with Crippen LogP contribution in [0.25, 0.3) is 0 Å². The summed E-state index contributed by atoms with van der Waals surface area (Å²) in [6, 6.07) is 0. The second-order valence-electron chi connectivity index (χ2n) is 21.3. The summed E-state index contributed by atoms with van der Waals surface area (Å²) in [5.74, 6) is -0.961. The van der Waals surface area contributed by atoms with Crippen molar-refractivity contribution >= 4 is 17.9 Å². The molecule has 1 atom stereocenters. The number of carbonyl (C=O) groups is 3. The standard InChI is InChI=1S/C67H120O6/c1-4-7-10-13-16-19-22-25-27-29-31-32-33-34-36-37-39-42-45-48-51-54-57-60-66(69)72-63-64(62-71-65(68)59-56-53-50-47-44-41-24-21-18-15-12-9-6-3)73-67(70)61-58-55-52-49-46-43-40-38-35-30-28-26-23-20-17-14-11-8-5-2/h9,12,18,21,29,31,41,44,50,53,64H,4-8,10-11,13-17,19-20,22-28,30,32-40,42-43,45-49,51-52,54-63H2,1-3H3/b12-9-,21-18-,31-29-,44-41-,53-50-. The van der Waals surface area contributed by atoms with E-state index >= 15 is 0 Å². The van der Waals surface area contributed by atoms with Crippen LogP contribution in [0.3, 0.4) is 0 Å². The maximum Gasteiger partial charge on any atom is 0.306 e. The third-order valence-corrected chi connectivity index (χ3v) is 14.0. The van der Waals surface area contributed by atoms with Crippen LogP contribution >= 0.6 is 0 Å². The molecule has 0 aliphatic heterocycles. The molecule has 0 aromatic carbocycles. The van der Waals surface area contributed by atoms with Gasteiger partial charge in [0, 0.05) is 19.3 Å². The summed E-state index contributed by atoms with van der Waals surface area (Å²) in [5, 5.41) is 0. The zero-order chi connectivity index (χ0) is 52.9. The van der Waals surface area contributed by atoms with E-state index in [9.17, 15) is 14.4 Å². The Morgan fingerprint density at radius 1 is 0.288 bits per heavy atom. The van der Waals surface area contributed by atoms with Gasteiger partial charge in [-0.25, -0.2) is 0 Å². The summed E-state index contributed by atoms with van der Waals surface area (Å²) in [5.41, 5.74) is 0. The topological polar surface area (TPSA) is 78.9 Å². The van der Waals surface area contributed by atoms with Gasteiger partial charge in [0.1, 0.15) is 13.2 Å². The molecule has 0 heterocycles. The number of unbranched alkanes of at least 4 members (excludes halogenated alkanes) is 37. The lowest BCUT2D eigenvalue weighted by Gasteiger charge is -2.18. The van der Waals surface area contributed by atoms with Crippen LogP contribution in [0, 0.1) is 0 Å². The molecule has 0 radical (unpaired) electrons. The third-order valence-electron chi connectivity index (χ3n) is 14.0. The predicted octanol–water partition coefficient (Wildman–Crippen LogP) is 21.6. The van der Waals surface area contributed by atoms with Crippen molar-refractivity contribution in [3.8, 4) is 0 Å². The van der Waals surface area contributed by atoms with Gasteiger partial charge in [0.15, 0.2) is 6.10 Å². The fourth-order valence-electron chi connectivity index (χ4n) is 9.28. The Morgan fingerprint density at radius 3 is 0.918 bits per heavy atom. The zero-order valence-corrected chi connectivity index (χ0v) is 48.7. The molecule has 0 spiro atoms. The fourth-order valence-corrected chi connectivity index (χ4v) is 9.28. The minimum atomic E-state index is -0.802. The van der Waals surface area contributed by atoms with E-state index in [1.165, 1.54) is 218 Å². The Kier molecular flexibility index (Phi) is 59.2. The van der Waals surface area contributed by atoms with Crippen molar-refractivity contribution in [1.29, 1.82) is 0 Å². The highest BCUT2D eigenvalue weighted by Crippen LogP contribution is 2.17. The van der Waals surface area contributed by atoms with Gasteiger partial charge in [-0.05, 0) is 70.6 Å². The van der Waals surface area contributed by atoms with Crippen molar-refractivity contribution in [2.75, 3.05) is 13.2 Å². The van der Waals surface area contributed by atoms with Crippen LogP contribution in [0.4, 0.5) is 0 Å². The molecule has 424 valence electrons. The molecule has 0 fully saturated rings. The average Bonchev–Trinajstić information content (AvgIpc) is 3.39. The molecule has 0 aliphatic rings. The van der Waals surface area contributed by atoms with E-state index < -0.39 is 6.10 Å². The van der Waals surface area contributed by atoms with Crippen LogP contribution in [0.5, 0.6) is 0 Å². The number of allylic oxidation sites excluding steroid dienone is 10. The molecule has 0 rings (SSSR count). The lowest BCUT2D eigenvalue weighted by molar-refractivity contribution is -0.166. The van der Waals surface area contributed by atoms with Crippen LogP contribution in [0.2, 0.25) is 0 Å². The number of carbonyl (C=O) groups excluding carboxylic acids is 3. The molecule has 0 aromatic heterocycles. The van der Waals surface area contributed by atoms with E-state index in [0.29, 0.717) is 19.3 Å². The Balaban J connectivity index is 4.32. The summed E-state index contributed by atoms with van der Waals surface area (Å²) in [6.45, 7) is 6.51. The van der Waals surface area contributed by atoms with Crippen LogP contribution in [0.15, 0.2) is 60.8 Å². The molecular weight excluding hydrogens is 901 g/mol. The second-order valence-corrected chi connectivity index (χ2v) is 21.3. The van der Waals surface area contributed by atoms with Gasteiger partial charge in [-0.2, -0.15) is 0 Å². The highest BCUT2D eigenvalue weighted by Gasteiger charge is 2.19. The Bertz CT molecular complexity index is 1310. The van der Waals surface area contributed by atoms with Gasteiger partial charge >= 0.3 is 17.9 Å². The second kappa shape index (κ2) is 61.7. The lowest BCUT2D eigenvalue weighted by atomic mass is 10.0. The van der Waals surface area contributed by atoms with Crippen molar-refractivity contribution in [3.63, 3.8) is 0 Å². The van der Waals surface area contributed by atoms with E-state index in [2.05, 4.69) is 75.5 Å². The molecule has 0 saturated heterocycles. The Labute approximate surface area is 453 Å². The molecule has 0 aliphatic carbocycles. The molecule has 1 unspecified atom stereocenters. The molecule has 73 heavy (non-hydrogen) atoms. The van der Waals surface area contributed by atoms with Crippen molar-refractivity contribution in [2.45, 2.75) is 335 Å². The van der Waals surface area contributed by atoms with E-state index in [-0.39, 0.29) is 37.5 Å². The smallest absolute Gasteiger partial charge is 0.306 e. The van der Waals surface area contributed by atoms with E-state index in [1.807, 2.05) is 6.08 Å². The minimum absolute atomic E-state index is 0.0933. The SMILES string of the molecule is CC/C=C\C/C=C\C/C=C\C/C=C\CCC(=O)OCC(COC(=O)CCCCCCCCCCCCC/C=C\CCCCCCCCCC)OC(=O)CCCCCCCCCCCCCCCCCCCCC. The van der Waals surface area contributed by atoms with Gasteiger partial charge in [0.2, 0.25) is 0 Å². The first-order valence-corrected chi connectivity index (χ1v) is 31.8. The number of hydrogen-bond acceptors (Lipinski definition) is 6. The number of esters is 3. The first-order chi connectivity index (χ1) is 36.0. The monoisotopic (exact) mass is 1020 g/mol. The van der Waals surface area contributed by atoms with E-state index in [0.717, 1.165) is 64.2 Å². The first-order valence-electron chi connectivity index (χ1n) is 31.8. The maximum absolute atomic E-state index is 12.9. The summed E-state index contributed by atoms with van der Waals surface area (Å²) in [6.07, 6.45) is 78.2. The predicted molar refractivity (Wildman–Crippen MR) is 316 cm³/mol. The first kappa shape index (κ1) is 70.1. The summed E-state index contributed by atoms with van der Waals surface area (Å²) >= 11 is 0. The quantitative estimate of drug-likeness (QED) is 0.0261. The van der Waals surface area contributed by atoms with E-state index in [1.54, 1.807) is 0 Å². The molecule has 6 nitrogen and oxygen atoms in total. The summed E-state index contributed by atoms with van der Waals surface area (Å²) in [4.78, 5) is 38.2. The normalized spacial score (nSPS) is 12.4. The minimum Gasteiger partial charge on any atom is -0.462 e. The van der Waals surface area contributed by atoms with Gasteiger partial charge in [0.25, 0.3) is 0 Å². The van der Waals surface area contributed by atoms with Crippen molar-refractivity contribution in [2.24, 2.45) is 0 Å². The molecular formula is C67H120O6. The van der Waals surface area contributed by atoms with Crippen LogP contribution in [-0.4, -0.2) is 37.2 Å². The number of hydrogen-bond donors (Lipinski definition) is 0. The van der Waals surface area contributed by atoms with Gasteiger partial charge in [-0.15, -0.1) is 0 Å². The average molecular weight is 1020 g/mol. The van der Waals surface area contributed by atoms with Crippen molar-refractivity contribution in [3.05, 3.63) is 60.8 Å². The third kappa shape index (κ3) is 59.9. The van der Waals surface area contributed by atoms with Gasteiger partial charge in [-0.3, -0.25) is 14.4 Å². The fraction of sp³-hybridized carbons (Fsp3) is 0.806. The summed E-state index contributed by atoms with van der Waals surface area (Å²) in [7, 11) is 0. The van der Waals surface area contributed by atoms with Gasteiger partial charge in [0.05, 0.1) is 0 Å². The molecule has 0 amide bonds. The molecule has 0 saturated carbocycles. The maximum atomic E-state index is 12.9. The van der Waals surface area contributed by atoms with Gasteiger partial charge < -0.3 is 14.2 Å². The number of ether oxygens (including phenoxy) is 3. The molecule has 6 heteroatoms. The Hall–Kier alpha value is -2.89. The van der Waals surface area contributed by atoms with Crippen LogP contribution < -0.4 is 0 Å². The van der Waals surface area contributed by atoms with Crippen LogP contribution in [0.1, 0.15) is 329 Å². The molecule has 0 bridgehead atoms. The molecule has 0 aromatic rings. The highest BCUT2D eigenvalue weighted by molar-refractivity contribution is 5.71. The zero-order valence-electron chi connectivity index (χ0n) is 48.7.